The van der Waals surface area contributed by atoms with Crippen LogP contribution in [0.1, 0.15) is 38.6 Å². The summed E-state index contributed by atoms with van der Waals surface area (Å²) in [5, 5.41) is 0. The van der Waals surface area contributed by atoms with Crippen LogP contribution in [-0.4, -0.2) is 34.2 Å². The Kier molecular flexibility index (Phi) is 2.40. The Morgan fingerprint density at radius 3 is 2.74 bits per heavy atom. The van der Waals surface area contributed by atoms with Gasteiger partial charge in [0.2, 0.25) is 0 Å². The zero-order valence-electron chi connectivity index (χ0n) is 11.6. The number of fused-ring (bicyclic) bond motifs is 1. The number of oxazole rings is 1. The first-order chi connectivity index (χ1) is 8.84. The molecule has 1 saturated carbocycles. The molecule has 1 aromatic rings. The molecule has 2 heterocycles. The van der Waals surface area contributed by atoms with Gasteiger partial charge in [-0.1, -0.05) is 13.8 Å². The van der Waals surface area contributed by atoms with Gasteiger partial charge in [-0.05, 0) is 24.2 Å². The van der Waals surface area contributed by atoms with Crippen molar-refractivity contribution < 1.29 is 15.4 Å². The summed E-state index contributed by atoms with van der Waals surface area (Å²) in [7, 11) is 0. The molecule has 1 unspecified atom stereocenters. The molecular weight excluding hydrogens is 244 g/mol. The van der Waals surface area contributed by atoms with Gasteiger partial charge in [0.25, 0.3) is 5.91 Å². The molecule has 0 bridgehead atoms. The van der Waals surface area contributed by atoms with Crippen molar-refractivity contribution in [3.63, 3.8) is 0 Å². The maximum Gasteiger partial charge on any atom is 0.276 e. The molecular formula is C14H20N2O3. The van der Waals surface area contributed by atoms with Crippen molar-refractivity contribution in [2.45, 2.75) is 33.7 Å². The second kappa shape index (κ2) is 3.68. The normalized spacial score (nSPS) is 31.2. The summed E-state index contributed by atoms with van der Waals surface area (Å²) in [6, 6.07) is -0.301. The van der Waals surface area contributed by atoms with Crippen molar-refractivity contribution in [3.8, 4) is 0 Å². The number of ketones is 1. The minimum Gasteiger partial charge on any atom is -0.448 e. The molecule has 1 aliphatic heterocycles. The molecule has 5 nitrogen and oxygen atoms in total. The molecule has 2 fully saturated rings. The Morgan fingerprint density at radius 2 is 2.21 bits per heavy atom. The summed E-state index contributed by atoms with van der Waals surface area (Å²) >= 11 is 0. The summed E-state index contributed by atoms with van der Waals surface area (Å²) in [4.78, 5) is 30.0. The Bertz CT molecular complexity index is 567. The lowest BCUT2D eigenvalue weighted by Gasteiger charge is -2.28. The number of hydrogen-bond acceptors (Lipinski definition) is 4. The molecule has 0 N–H and O–H groups in total. The summed E-state index contributed by atoms with van der Waals surface area (Å²) in [5.74, 6) is 1.05. The first-order valence-corrected chi connectivity index (χ1v) is 6.57. The van der Waals surface area contributed by atoms with E-state index in [9.17, 15) is 9.59 Å². The Labute approximate surface area is 113 Å². The third-order valence-corrected chi connectivity index (χ3v) is 4.72. The van der Waals surface area contributed by atoms with Gasteiger partial charge < -0.3 is 9.32 Å². The fourth-order valence-corrected chi connectivity index (χ4v) is 3.57. The number of carbonyl (C=O) groups is 2. The Morgan fingerprint density at radius 1 is 1.53 bits per heavy atom. The van der Waals surface area contributed by atoms with Crippen LogP contribution in [0.15, 0.2) is 10.7 Å². The molecule has 104 valence electrons. The molecule has 5 heteroatoms. The molecule has 1 aliphatic carbocycles. The van der Waals surface area contributed by atoms with Gasteiger partial charge in [-0.2, -0.15) is 0 Å². The molecule has 0 spiro atoms. The number of piperidine rings is 1. The molecule has 3 rings (SSSR count). The number of amides is 1. The molecule has 0 aromatic carbocycles. The van der Waals surface area contributed by atoms with Gasteiger partial charge >= 0.3 is 0 Å². The van der Waals surface area contributed by atoms with Crippen LogP contribution in [0.3, 0.4) is 0 Å². The lowest BCUT2D eigenvalue weighted by Crippen LogP contribution is -2.44. The average Bonchev–Trinajstić information content (AvgIpc) is 2.78. The highest BCUT2D eigenvalue weighted by Crippen LogP contribution is 2.65. The number of aromatic nitrogens is 1. The van der Waals surface area contributed by atoms with Gasteiger partial charge in [0, 0.05) is 14.9 Å². The summed E-state index contributed by atoms with van der Waals surface area (Å²) < 4.78 is 5.08. The largest absolute Gasteiger partial charge is 0.448 e. The number of likely N-dealkylation sites (tertiary alicyclic amines) is 1. The highest BCUT2D eigenvalue weighted by molar-refractivity contribution is 5.97. The van der Waals surface area contributed by atoms with E-state index < -0.39 is 0 Å². The van der Waals surface area contributed by atoms with E-state index >= 15 is 0 Å². The predicted molar refractivity (Wildman–Crippen MR) is 69.6 cm³/mol. The molecule has 19 heavy (non-hydrogen) atoms. The van der Waals surface area contributed by atoms with Crippen LogP contribution >= 0.6 is 0 Å². The van der Waals surface area contributed by atoms with Crippen LogP contribution in [0, 0.1) is 24.2 Å². The van der Waals surface area contributed by atoms with Crippen LogP contribution in [0.5, 0.6) is 0 Å². The fourth-order valence-electron chi connectivity index (χ4n) is 3.57. The highest BCUT2D eigenvalue weighted by atomic mass is 16.3. The van der Waals surface area contributed by atoms with Crippen molar-refractivity contribution in [2.75, 3.05) is 6.54 Å². The molecule has 3 atom stereocenters. The number of Topliss-reactive ketones (excluding diaryl/α,β-unsaturated/α-hetero) is 1. The molecule has 2 aliphatic rings. The lowest BCUT2D eigenvalue weighted by atomic mass is 9.98. The summed E-state index contributed by atoms with van der Waals surface area (Å²) in [5.41, 5.74) is 0.468. The Balaban J connectivity index is 0.00000147. The van der Waals surface area contributed by atoms with E-state index in [-0.39, 0.29) is 24.6 Å². The topological polar surface area (TPSA) is 63.4 Å². The monoisotopic (exact) mass is 264 g/mol. The van der Waals surface area contributed by atoms with Gasteiger partial charge in [0.15, 0.2) is 17.4 Å². The van der Waals surface area contributed by atoms with Gasteiger partial charge in [-0.15, -0.1) is 0 Å². The van der Waals surface area contributed by atoms with Gasteiger partial charge in [-0.3, -0.25) is 9.59 Å². The third-order valence-electron chi connectivity index (χ3n) is 4.72. The average molecular weight is 264 g/mol. The van der Waals surface area contributed by atoms with E-state index in [1.807, 2.05) is 0 Å². The quantitative estimate of drug-likeness (QED) is 0.818. The van der Waals surface area contributed by atoms with Crippen molar-refractivity contribution in [3.05, 3.63) is 17.8 Å². The van der Waals surface area contributed by atoms with E-state index in [0.29, 0.717) is 30.0 Å². The molecule has 1 aromatic heterocycles. The van der Waals surface area contributed by atoms with Crippen LogP contribution in [0.25, 0.3) is 0 Å². The minimum absolute atomic E-state index is 0. The van der Waals surface area contributed by atoms with Crippen molar-refractivity contribution in [2.24, 2.45) is 17.3 Å². The SMILES string of the molecule is CC(=O)[C@@H]1[C@@H]2C(CN1C(=O)c1coc(C)n1)C2(C)C.[HH]. The zero-order valence-corrected chi connectivity index (χ0v) is 11.6. The highest BCUT2D eigenvalue weighted by Gasteiger charge is 2.68. The summed E-state index contributed by atoms with van der Waals surface area (Å²) in [6.45, 7) is 8.24. The molecule has 0 radical (unpaired) electrons. The van der Waals surface area contributed by atoms with Gasteiger partial charge in [0.1, 0.15) is 6.26 Å². The van der Waals surface area contributed by atoms with E-state index in [4.69, 9.17) is 4.42 Å². The number of rotatable bonds is 2. The maximum atomic E-state index is 12.4. The van der Waals surface area contributed by atoms with Crippen molar-refractivity contribution in [1.29, 1.82) is 0 Å². The lowest BCUT2D eigenvalue weighted by molar-refractivity contribution is -0.121. The third kappa shape index (κ3) is 1.64. The van der Waals surface area contributed by atoms with Gasteiger partial charge in [-0.25, -0.2) is 4.98 Å². The second-order valence-electron chi connectivity index (χ2n) is 6.22. The zero-order chi connectivity index (χ0) is 13.9. The van der Waals surface area contributed by atoms with Crippen LogP contribution in [0.4, 0.5) is 0 Å². The fraction of sp³-hybridized carbons (Fsp3) is 0.643. The van der Waals surface area contributed by atoms with E-state index in [1.54, 1.807) is 18.7 Å². The Hall–Kier alpha value is -1.65. The van der Waals surface area contributed by atoms with Gasteiger partial charge in [0.05, 0.1) is 6.04 Å². The second-order valence-corrected chi connectivity index (χ2v) is 6.22. The number of nitrogens with zero attached hydrogens (tertiary/aromatic N) is 2. The number of carbonyl (C=O) groups excluding carboxylic acids is 2. The van der Waals surface area contributed by atoms with Crippen LogP contribution in [-0.2, 0) is 4.79 Å². The first-order valence-electron chi connectivity index (χ1n) is 6.57. The van der Waals surface area contributed by atoms with Crippen LogP contribution < -0.4 is 0 Å². The number of aryl methyl sites for hydroxylation is 1. The van der Waals surface area contributed by atoms with E-state index in [2.05, 4.69) is 18.8 Å². The summed E-state index contributed by atoms with van der Waals surface area (Å²) in [6.07, 6.45) is 1.37. The van der Waals surface area contributed by atoms with Crippen molar-refractivity contribution in [1.82, 2.24) is 9.88 Å². The smallest absolute Gasteiger partial charge is 0.276 e. The number of hydrogen-bond donors (Lipinski definition) is 0. The first kappa shape index (κ1) is 12.4. The maximum absolute atomic E-state index is 12.4. The standard InChI is InChI=1S/C14H18N2O3.H2/c1-7(17)12-11-9(14(11,3)4)5-16(12)13(18)10-6-19-8(2)15-10;/h6,9,11-12H,5H2,1-4H3;1H/t9?,11-,12+;/m0./s1. The molecule has 1 amide bonds. The van der Waals surface area contributed by atoms with E-state index in [0.717, 1.165) is 0 Å². The van der Waals surface area contributed by atoms with E-state index in [1.165, 1.54) is 6.26 Å². The van der Waals surface area contributed by atoms with Crippen molar-refractivity contribution >= 4 is 11.7 Å². The predicted octanol–water partition coefficient (Wildman–Crippen LogP) is 1.91. The molecule has 1 saturated heterocycles. The van der Waals surface area contributed by atoms with Crippen LogP contribution in [0.2, 0.25) is 0 Å². The minimum atomic E-state index is -0.301.